The third-order valence-electron chi connectivity index (χ3n) is 2.77. The molecule has 0 aliphatic rings. The summed E-state index contributed by atoms with van der Waals surface area (Å²) >= 11 is 0. The summed E-state index contributed by atoms with van der Waals surface area (Å²) in [5.74, 6) is -1.20. The highest BCUT2D eigenvalue weighted by atomic mass is 32.2. The maximum atomic E-state index is 11.2. The summed E-state index contributed by atoms with van der Waals surface area (Å²) in [6, 6.07) is 0.184. The molecule has 2 amide bonds. The molecule has 0 fully saturated rings. The Morgan fingerprint density at radius 1 is 1.27 bits per heavy atom. The van der Waals surface area contributed by atoms with Crippen molar-refractivity contribution in [3.63, 3.8) is 0 Å². The summed E-state index contributed by atoms with van der Waals surface area (Å²) in [5, 5.41) is 5.21. The fourth-order valence-electron chi connectivity index (χ4n) is 2.08. The van der Waals surface area contributed by atoms with E-state index in [2.05, 4.69) is 44.9 Å². The van der Waals surface area contributed by atoms with E-state index in [1.54, 1.807) is 6.92 Å². The minimum Gasteiger partial charge on any atom is -0.748 e. The van der Waals surface area contributed by atoms with Crippen LogP contribution in [0.2, 0.25) is 0 Å². The zero-order chi connectivity index (χ0) is 21.3. The van der Waals surface area contributed by atoms with Gasteiger partial charge in [-0.2, -0.15) is 0 Å². The fraction of sp³-hybridized carbons (Fsp3) is 0.647. The quantitative estimate of drug-likeness (QED) is 0.353. The number of hydrogen-bond acceptors (Lipinski definition) is 5. The smallest absolute Gasteiger partial charge is 0.246 e. The van der Waals surface area contributed by atoms with E-state index in [0.29, 0.717) is 5.57 Å². The van der Waals surface area contributed by atoms with Gasteiger partial charge in [-0.25, -0.2) is 8.42 Å². The third kappa shape index (κ3) is 17.1. The number of rotatable bonds is 8. The van der Waals surface area contributed by atoms with Gasteiger partial charge in [0.2, 0.25) is 11.8 Å². The Labute approximate surface area is 157 Å². The van der Waals surface area contributed by atoms with Crippen molar-refractivity contribution in [2.75, 3.05) is 33.4 Å². The van der Waals surface area contributed by atoms with Crippen LogP contribution in [-0.2, 0) is 19.7 Å². The first-order valence-corrected chi connectivity index (χ1v) is 9.61. The van der Waals surface area contributed by atoms with Gasteiger partial charge in [-0.15, -0.1) is 0 Å². The number of hydrogen-bond donors (Lipinski definition) is 2. The maximum absolute atomic E-state index is 11.2. The first-order valence-electron chi connectivity index (χ1n) is 8.03. The molecule has 1 unspecified atom stereocenters. The second-order valence-electron chi connectivity index (χ2n) is 7.91. The van der Waals surface area contributed by atoms with Crippen LogP contribution in [0.15, 0.2) is 24.8 Å². The van der Waals surface area contributed by atoms with Gasteiger partial charge in [0.15, 0.2) is 0 Å². The molecule has 0 aliphatic carbocycles. The zero-order valence-electron chi connectivity index (χ0n) is 16.9. The second-order valence-corrected chi connectivity index (χ2v) is 9.31. The minimum atomic E-state index is -4.33. The van der Waals surface area contributed by atoms with E-state index in [1.807, 2.05) is 6.92 Å². The van der Waals surface area contributed by atoms with Crippen LogP contribution in [0.1, 0.15) is 27.7 Å². The molecule has 1 atom stereocenters. The number of carbonyl (C=O) groups excluding carboxylic acids is 2. The molecule has 0 saturated heterocycles. The lowest BCUT2D eigenvalue weighted by atomic mass is 10.1. The van der Waals surface area contributed by atoms with Gasteiger partial charge >= 0.3 is 0 Å². The van der Waals surface area contributed by atoms with E-state index in [4.69, 9.17) is 0 Å². The Kier molecular flexibility index (Phi) is 10.6. The summed E-state index contributed by atoms with van der Waals surface area (Å²) in [7, 11) is 1.97. The Morgan fingerprint density at radius 3 is 2.04 bits per heavy atom. The molecule has 0 rings (SSSR count). The van der Waals surface area contributed by atoms with Crippen LogP contribution in [0, 0.1) is 0 Å². The highest BCUT2D eigenvalue weighted by molar-refractivity contribution is 7.85. The summed E-state index contributed by atoms with van der Waals surface area (Å²) < 4.78 is 32.0. The number of nitrogens with zero attached hydrogens (tertiary/aromatic N) is 1. The molecule has 0 saturated carbocycles. The molecule has 0 bridgehead atoms. The Balaban J connectivity index is 0. The molecule has 0 spiro atoms. The van der Waals surface area contributed by atoms with Gasteiger partial charge < -0.3 is 19.7 Å². The number of carbonyl (C=O) groups is 2. The van der Waals surface area contributed by atoms with E-state index in [-0.39, 0.29) is 11.9 Å². The van der Waals surface area contributed by atoms with Crippen molar-refractivity contribution in [1.82, 2.24) is 10.6 Å². The van der Waals surface area contributed by atoms with E-state index in [0.717, 1.165) is 17.1 Å². The average molecular weight is 392 g/mol. The number of quaternary nitrogens is 1. The molecule has 26 heavy (non-hydrogen) atoms. The molecule has 0 heterocycles. The Morgan fingerprint density at radius 2 is 1.73 bits per heavy atom. The van der Waals surface area contributed by atoms with E-state index in [9.17, 15) is 22.6 Å². The fourth-order valence-corrected chi connectivity index (χ4v) is 3.03. The summed E-state index contributed by atoms with van der Waals surface area (Å²) in [6.07, 6.45) is 1.01. The Bertz CT molecular complexity index is 619. The SMILES string of the molecule is C=C(C)C(=O)NC(C)C[N+](C)(C)C.C=CC(=O)NC(C)(C)CS(=O)(=O)[O-]. The molecular formula is C17H33N3O5S. The highest BCUT2D eigenvalue weighted by Crippen LogP contribution is 2.05. The number of nitrogens with one attached hydrogen (secondary N) is 2. The van der Waals surface area contributed by atoms with Gasteiger partial charge in [0.25, 0.3) is 0 Å². The van der Waals surface area contributed by atoms with E-state index < -0.39 is 27.3 Å². The lowest BCUT2D eigenvalue weighted by molar-refractivity contribution is -0.871. The predicted octanol–water partition coefficient (Wildman–Crippen LogP) is 0.386. The van der Waals surface area contributed by atoms with Gasteiger partial charge in [0.05, 0.1) is 49.6 Å². The van der Waals surface area contributed by atoms with Gasteiger partial charge in [-0.1, -0.05) is 13.2 Å². The van der Waals surface area contributed by atoms with Crippen molar-refractivity contribution < 1.29 is 27.0 Å². The minimum absolute atomic E-state index is 0.0547. The summed E-state index contributed by atoms with van der Waals surface area (Å²) in [6.45, 7) is 14.3. The largest absolute Gasteiger partial charge is 0.748 e. The van der Waals surface area contributed by atoms with Crippen LogP contribution >= 0.6 is 0 Å². The maximum Gasteiger partial charge on any atom is 0.246 e. The standard InChI is InChI=1S/C10H20N2O.C7H13NO4S/c1-8(2)10(13)11-9(3)7-12(4,5)6;1-4-6(9)8-7(2,3)5-13(10,11)12/h9H,1,7H2,2-6H3;4H,1,5H2,2-3H3,(H,8,9)(H,10,11,12). The van der Waals surface area contributed by atoms with E-state index >= 15 is 0 Å². The van der Waals surface area contributed by atoms with Crippen LogP contribution in [0.25, 0.3) is 0 Å². The third-order valence-corrected chi connectivity index (χ3v) is 3.85. The average Bonchev–Trinajstić information content (AvgIpc) is 2.32. The second kappa shape index (κ2) is 10.4. The van der Waals surface area contributed by atoms with Gasteiger partial charge in [-0.3, -0.25) is 9.59 Å². The van der Waals surface area contributed by atoms with E-state index in [1.165, 1.54) is 13.8 Å². The van der Waals surface area contributed by atoms with Crippen LogP contribution in [0.4, 0.5) is 0 Å². The first kappa shape index (κ1) is 26.5. The molecule has 9 heteroatoms. The van der Waals surface area contributed by atoms with Gasteiger partial charge in [0.1, 0.15) is 0 Å². The molecule has 0 radical (unpaired) electrons. The van der Waals surface area contributed by atoms with Crippen molar-refractivity contribution in [3.05, 3.63) is 24.8 Å². The normalized spacial score (nSPS) is 12.9. The number of amides is 2. The molecule has 8 nitrogen and oxygen atoms in total. The monoisotopic (exact) mass is 391 g/mol. The highest BCUT2D eigenvalue weighted by Gasteiger charge is 2.22. The molecule has 0 aromatic heterocycles. The zero-order valence-corrected chi connectivity index (χ0v) is 17.7. The predicted molar refractivity (Wildman–Crippen MR) is 102 cm³/mol. The lowest BCUT2D eigenvalue weighted by Crippen LogP contribution is -2.47. The molecule has 2 N–H and O–H groups in total. The molecule has 0 aliphatic heterocycles. The topological polar surface area (TPSA) is 115 Å². The van der Waals surface area contributed by atoms with Crippen LogP contribution < -0.4 is 10.6 Å². The van der Waals surface area contributed by atoms with Crippen molar-refractivity contribution in [1.29, 1.82) is 0 Å². The molecular weight excluding hydrogens is 358 g/mol. The van der Waals surface area contributed by atoms with Crippen molar-refractivity contribution in [3.8, 4) is 0 Å². The number of likely N-dealkylation sites (N-methyl/N-ethyl adjacent to an activating group) is 1. The van der Waals surface area contributed by atoms with Gasteiger partial charge in [-0.05, 0) is 33.8 Å². The van der Waals surface area contributed by atoms with Crippen molar-refractivity contribution in [2.24, 2.45) is 0 Å². The van der Waals surface area contributed by atoms with Crippen LogP contribution in [0.3, 0.4) is 0 Å². The molecule has 152 valence electrons. The van der Waals surface area contributed by atoms with Crippen molar-refractivity contribution >= 4 is 21.9 Å². The molecule has 0 aromatic carbocycles. The van der Waals surface area contributed by atoms with Crippen LogP contribution in [-0.4, -0.2) is 74.3 Å². The van der Waals surface area contributed by atoms with Crippen LogP contribution in [0.5, 0.6) is 0 Å². The summed E-state index contributed by atoms with van der Waals surface area (Å²) in [5.41, 5.74) is -0.500. The Hall–Kier alpha value is -1.71. The van der Waals surface area contributed by atoms with Crippen molar-refractivity contribution in [2.45, 2.75) is 39.3 Å². The molecule has 0 aromatic rings. The lowest BCUT2D eigenvalue weighted by Gasteiger charge is -2.27. The van der Waals surface area contributed by atoms with Gasteiger partial charge in [0, 0.05) is 11.1 Å². The first-order chi connectivity index (χ1) is 11.4. The summed E-state index contributed by atoms with van der Waals surface area (Å²) in [4.78, 5) is 22.0.